The molecule has 6 rings (SSSR count). The number of nitrogens with zero attached hydrogens (tertiary/aromatic N) is 8. The van der Waals surface area contributed by atoms with Gasteiger partial charge in [-0.25, -0.2) is 9.67 Å². The molecular weight excluding hydrogens is 627 g/mol. The number of halogens is 4. The van der Waals surface area contributed by atoms with Gasteiger partial charge in [0.05, 0.1) is 66.4 Å². The van der Waals surface area contributed by atoms with Crippen molar-refractivity contribution in [1.82, 2.24) is 39.3 Å². The van der Waals surface area contributed by atoms with Gasteiger partial charge in [0.2, 0.25) is 5.91 Å². The van der Waals surface area contributed by atoms with Crippen molar-refractivity contribution in [3.8, 4) is 28.2 Å². The molecule has 1 aliphatic heterocycles. The summed E-state index contributed by atoms with van der Waals surface area (Å²) in [5.74, 6) is -0.514. The SMILES string of the molecule is C[C@@H]1CCC[C@H](n2cnc(-c3cc(Cl)ccc3-n3cc(C(F)(F)F)nn3)cc2=O)c2cc(ccn2)-c2c(cnn2CCO)NC1=O. The minimum absolute atomic E-state index is 0.165. The van der Waals surface area contributed by atoms with Crippen molar-refractivity contribution in [3.05, 3.63) is 88.1 Å². The van der Waals surface area contributed by atoms with Crippen LogP contribution in [0.3, 0.4) is 0 Å². The predicted molar refractivity (Wildman–Crippen MR) is 161 cm³/mol. The van der Waals surface area contributed by atoms with E-state index in [0.29, 0.717) is 41.9 Å². The molecule has 16 heteroatoms. The second kappa shape index (κ2) is 12.5. The number of carbonyl (C=O) groups excluding carboxylic acids is 1. The Kier molecular flexibility index (Phi) is 8.44. The zero-order chi connectivity index (χ0) is 32.6. The maximum absolute atomic E-state index is 13.7. The number of benzene rings is 1. The van der Waals surface area contributed by atoms with Crippen LogP contribution >= 0.6 is 11.6 Å². The van der Waals surface area contributed by atoms with Crippen LogP contribution in [0.4, 0.5) is 18.9 Å². The smallest absolute Gasteiger partial charge is 0.394 e. The van der Waals surface area contributed by atoms with Crippen molar-refractivity contribution >= 4 is 23.2 Å². The minimum Gasteiger partial charge on any atom is -0.394 e. The number of aliphatic hydroxyl groups excluding tert-OH is 1. The maximum Gasteiger partial charge on any atom is 0.436 e. The first-order valence-electron chi connectivity index (χ1n) is 14.4. The Labute approximate surface area is 264 Å². The van der Waals surface area contributed by atoms with E-state index in [1.165, 1.54) is 35.2 Å². The van der Waals surface area contributed by atoms with E-state index in [2.05, 4.69) is 30.7 Å². The number of amides is 1. The van der Waals surface area contributed by atoms with Gasteiger partial charge in [0, 0.05) is 34.3 Å². The number of hydrogen-bond donors (Lipinski definition) is 2. The van der Waals surface area contributed by atoms with Gasteiger partial charge < -0.3 is 10.4 Å². The van der Waals surface area contributed by atoms with E-state index in [1.54, 1.807) is 23.1 Å². The Bertz CT molecular complexity index is 1970. The van der Waals surface area contributed by atoms with Crippen LogP contribution in [0.1, 0.15) is 43.6 Å². The van der Waals surface area contributed by atoms with Crippen LogP contribution < -0.4 is 10.9 Å². The molecule has 1 amide bonds. The van der Waals surface area contributed by atoms with E-state index in [1.807, 2.05) is 13.0 Å². The van der Waals surface area contributed by atoms with E-state index in [9.17, 15) is 27.9 Å². The van der Waals surface area contributed by atoms with Crippen molar-refractivity contribution in [2.45, 2.75) is 44.9 Å². The number of aliphatic hydroxyl groups is 1. The third kappa shape index (κ3) is 6.15. The van der Waals surface area contributed by atoms with Gasteiger partial charge in [-0.2, -0.15) is 18.3 Å². The summed E-state index contributed by atoms with van der Waals surface area (Å²) in [7, 11) is 0. The van der Waals surface area contributed by atoms with Gasteiger partial charge in [-0.1, -0.05) is 30.2 Å². The highest BCUT2D eigenvalue weighted by Crippen LogP contribution is 2.34. The second-order valence-corrected chi connectivity index (χ2v) is 11.3. The molecule has 0 radical (unpaired) electrons. The lowest BCUT2D eigenvalue weighted by Crippen LogP contribution is -2.27. The molecule has 2 N–H and O–H groups in total. The van der Waals surface area contributed by atoms with Crippen LogP contribution in [-0.2, 0) is 17.5 Å². The number of hydrogen-bond acceptors (Lipinski definition) is 8. The molecule has 4 aromatic heterocycles. The van der Waals surface area contributed by atoms with Crippen LogP contribution in [0, 0.1) is 5.92 Å². The molecule has 46 heavy (non-hydrogen) atoms. The zero-order valence-corrected chi connectivity index (χ0v) is 25.1. The van der Waals surface area contributed by atoms with Gasteiger partial charge in [-0.15, -0.1) is 5.10 Å². The highest BCUT2D eigenvalue weighted by atomic mass is 35.5. The van der Waals surface area contributed by atoms with Crippen LogP contribution in [0.25, 0.3) is 28.2 Å². The van der Waals surface area contributed by atoms with E-state index >= 15 is 0 Å². The minimum atomic E-state index is -4.69. The van der Waals surface area contributed by atoms with Crippen LogP contribution in [0.5, 0.6) is 0 Å². The molecule has 0 aliphatic carbocycles. The Balaban J connectivity index is 1.42. The molecule has 5 aromatic rings. The summed E-state index contributed by atoms with van der Waals surface area (Å²) >= 11 is 6.24. The van der Waals surface area contributed by atoms with E-state index < -0.39 is 23.5 Å². The van der Waals surface area contributed by atoms with E-state index in [0.717, 1.165) is 10.9 Å². The summed E-state index contributed by atoms with van der Waals surface area (Å²) < 4.78 is 43.7. The summed E-state index contributed by atoms with van der Waals surface area (Å²) in [6.45, 7) is 1.86. The van der Waals surface area contributed by atoms with Gasteiger partial charge >= 0.3 is 6.18 Å². The summed E-state index contributed by atoms with van der Waals surface area (Å²) in [5.41, 5.74) is 1.36. The fraction of sp³-hybridized carbons (Fsp3) is 0.300. The molecule has 5 heterocycles. The molecule has 0 saturated heterocycles. The zero-order valence-electron chi connectivity index (χ0n) is 24.3. The van der Waals surface area contributed by atoms with Gasteiger partial charge in [0.25, 0.3) is 5.56 Å². The lowest BCUT2D eigenvalue weighted by atomic mass is 9.97. The monoisotopic (exact) mass is 653 g/mol. The molecule has 12 nitrogen and oxygen atoms in total. The summed E-state index contributed by atoms with van der Waals surface area (Å²) in [6, 6.07) is 8.72. The molecule has 1 aliphatic rings. The number of nitrogens with one attached hydrogen (secondary N) is 1. The van der Waals surface area contributed by atoms with Gasteiger partial charge in [-0.05, 0) is 43.2 Å². The number of alkyl halides is 3. The summed E-state index contributed by atoms with van der Waals surface area (Å²) in [6.07, 6.45) is 2.15. The average Bonchev–Trinajstić information content (AvgIpc) is 3.67. The predicted octanol–water partition coefficient (Wildman–Crippen LogP) is 4.76. The Hall–Kier alpha value is -4.89. The van der Waals surface area contributed by atoms with Gasteiger partial charge in [0.1, 0.15) is 0 Å². The number of aromatic nitrogens is 8. The molecule has 1 aromatic carbocycles. The number of pyridine rings is 1. The molecule has 0 spiro atoms. The highest BCUT2D eigenvalue weighted by Gasteiger charge is 2.35. The van der Waals surface area contributed by atoms with Crippen LogP contribution in [0.15, 0.2) is 66.1 Å². The van der Waals surface area contributed by atoms with Gasteiger partial charge in [0.15, 0.2) is 5.69 Å². The third-order valence-corrected chi connectivity index (χ3v) is 8.04. The number of fused-ring (bicyclic) bond motifs is 4. The second-order valence-electron chi connectivity index (χ2n) is 10.9. The van der Waals surface area contributed by atoms with Crippen molar-refractivity contribution < 1.29 is 23.1 Å². The number of anilines is 1. The van der Waals surface area contributed by atoms with Crippen molar-refractivity contribution in [3.63, 3.8) is 0 Å². The Morgan fingerprint density at radius 2 is 1.93 bits per heavy atom. The van der Waals surface area contributed by atoms with Crippen LogP contribution in [-0.4, -0.2) is 56.9 Å². The molecular formula is C30H27ClF3N9O3. The van der Waals surface area contributed by atoms with Crippen molar-refractivity contribution in [2.24, 2.45) is 5.92 Å². The van der Waals surface area contributed by atoms with Crippen molar-refractivity contribution in [2.75, 3.05) is 11.9 Å². The fourth-order valence-corrected chi connectivity index (χ4v) is 5.65. The largest absolute Gasteiger partial charge is 0.436 e. The first-order valence-corrected chi connectivity index (χ1v) is 14.7. The molecule has 2 atom stereocenters. The molecule has 0 saturated carbocycles. The Morgan fingerprint density at radius 1 is 1.11 bits per heavy atom. The lowest BCUT2D eigenvalue weighted by molar-refractivity contribution is -0.141. The van der Waals surface area contributed by atoms with Crippen molar-refractivity contribution in [1.29, 1.82) is 0 Å². The molecule has 0 fully saturated rings. The number of carbonyl (C=O) groups is 1. The van der Waals surface area contributed by atoms with Crippen LogP contribution in [0.2, 0.25) is 5.02 Å². The Morgan fingerprint density at radius 3 is 2.67 bits per heavy atom. The van der Waals surface area contributed by atoms with E-state index in [4.69, 9.17) is 11.6 Å². The fourth-order valence-electron chi connectivity index (χ4n) is 5.47. The topological polar surface area (TPSA) is 146 Å². The third-order valence-electron chi connectivity index (χ3n) is 7.80. The molecule has 238 valence electrons. The normalized spacial score (nSPS) is 17.1. The standard InChI is InChI=1S/C30H27ClF3N9O3/c1-17-3-2-4-25(22-11-18(7-8-35-22)28-23(38-29(17)46)14-37-42(28)9-10-44)41-16-36-21(13-27(41)45)20-12-19(31)5-6-24(20)43-15-26(39-40-43)30(32,33)34/h5-8,11-17,25,44H,2-4,9-10H2,1H3,(H,38,46)/t17-,25+/m1/s1. The number of rotatable bonds is 5. The first kappa shape index (κ1) is 31.1. The molecule has 2 bridgehead atoms. The summed E-state index contributed by atoms with van der Waals surface area (Å²) in [4.78, 5) is 35.9. The summed E-state index contributed by atoms with van der Waals surface area (Å²) in [5, 5.41) is 24.0. The average molecular weight is 654 g/mol. The highest BCUT2D eigenvalue weighted by molar-refractivity contribution is 6.31. The van der Waals surface area contributed by atoms with E-state index in [-0.39, 0.29) is 46.9 Å². The lowest BCUT2D eigenvalue weighted by Gasteiger charge is -2.22. The quantitative estimate of drug-likeness (QED) is 0.276. The first-order chi connectivity index (χ1) is 22.0. The molecule has 0 unspecified atom stereocenters. The maximum atomic E-state index is 13.7. The van der Waals surface area contributed by atoms with Gasteiger partial charge in [-0.3, -0.25) is 23.8 Å².